The Labute approximate surface area is 199 Å². The minimum atomic E-state index is -3.66. The molecule has 3 aromatic rings. The lowest BCUT2D eigenvalue weighted by Crippen LogP contribution is -2.43. The summed E-state index contributed by atoms with van der Waals surface area (Å²) in [6, 6.07) is 20.0. The number of anilines is 1. The van der Waals surface area contributed by atoms with E-state index < -0.39 is 10.0 Å². The van der Waals surface area contributed by atoms with Crippen molar-refractivity contribution in [3.8, 4) is 0 Å². The average Bonchev–Trinajstić information content (AvgIpc) is 2.80. The largest absolute Gasteiger partial charge is 0.385 e. The monoisotopic (exact) mass is 486 g/mol. The van der Waals surface area contributed by atoms with E-state index in [2.05, 4.69) is 20.3 Å². The molecule has 33 heavy (non-hydrogen) atoms. The van der Waals surface area contributed by atoms with Crippen LogP contribution in [-0.2, 0) is 27.0 Å². The Hall–Kier alpha value is -2.94. The van der Waals surface area contributed by atoms with E-state index in [4.69, 9.17) is 11.6 Å². The molecule has 0 fully saturated rings. The predicted octanol–water partition coefficient (Wildman–Crippen LogP) is 3.38. The summed E-state index contributed by atoms with van der Waals surface area (Å²) in [5.74, 6) is -0.597. The Morgan fingerprint density at radius 1 is 0.939 bits per heavy atom. The summed E-state index contributed by atoms with van der Waals surface area (Å²) in [5, 5.41) is 6.80. The smallest absolute Gasteiger partial charge is 0.235 e. The fraction of sp³-hybridized carbons (Fsp3) is 0.250. The van der Waals surface area contributed by atoms with Crippen LogP contribution in [0.15, 0.2) is 79.1 Å². The van der Waals surface area contributed by atoms with Crippen molar-refractivity contribution in [1.82, 2.24) is 15.0 Å². The van der Waals surface area contributed by atoms with Gasteiger partial charge in [-0.3, -0.25) is 9.78 Å². The summed E-state index contributed by atoms with van der Waals surface area (Å²) in [5.41, 5.74) is 2.64. The molecule has 0 aliphatic rings. The van der Waals surface area contributed by atoms with Gasteiger partial charge in [-0.05, 0) is 48.2 Å². The van der Waals surface area contributed by atoms with Crippen LogP contribution in [0.5, 0.6) is 0 Å². The van der Waals surface area contributed by atoms with E-state index >= 15 is 0 Å². The number of sulfonamides is 1. The summed E-state index contributed by atoms with van der Waals surface area (Å²) in [7, 11) is -3.66. The van der Waals surface area contributed by atoms with E-state index in [-0.39, 0.29) is 24.2 Å². The Morgan fingerprint density at radius 3 is 2.33 bits per heavy atom. The maximum atomic E-state index is 12.5. The number of carbonyl (C=O) groups is 1. The van der Waals surface area contributed by atoms with Gasteiger partial charge in [0.2, 0.25) is 15.9 Å². The van der Waals surface area contributed by atoms with Crippen molar-refractivity contribution in [2.24, 2.45) is 0 Å². The second kappa shape index (κ2) is 12.3. The van der Waals surface area contributed by atoms with Crippen LogP contribution in [0.4, 0.5) is 5.69 Å². The lowest BCUT2D eigenvalue weighted by molar-refractivity contribution is -0.120. The maximum Gasteiger partial charge on any atom is 0.235 e. The molecule has 0 bridgehead atoms. The molecule has 0 radical (unpaired) electrons. The van der Waals surface area contributed by atoms with Crippen molar-refractivity contribution in [2.45, 2.75) is 24.6 Å². The van der Waals surface area contributed by atoms with E-state index in [1.165, 1.54) is 0 Å². The average molecular weight is 487 g/mol. The van der Waals surface area contributed by atoms with Crippen molar-refractivity contribution < 1.29 is 13.2 Å². The van der Waals surface area contributed by atoms with Gasteiger partial charge in [0.15, 0.2) is 0 Å². The molecular weight excluding hydrogens is 460 g/mol. The molecule has 0 aliphatic heterocycles. The van der Waals surface area contributed by atoms with Crippen molar-refractivity contribution in [1.29, 1.82) is 0 Å². The summed E-state index contributed by atoms with van der Waals surface area (Å²) >= 11 is 5.84. The number of hydrogen-bond acceptors (Lipinski definition) is 5. The van der Waals surface area contributed by atoms with E-state index in [9.17, 15) is 13.2 Å². The zero-order valence-corrected chi connectivity index (χ0v) is 19.6. The molecule has 0 aliphatic carbocycles. The summed E-state index contributed by atoms with van der Waals surface area (Å²) < 4.78 is 27.1. The third kappa shape index (κ3) is 9.21. The van der Waals surface area contributed by atoms with Crippen LogP contribution in [0, 0.1) is 0 Å². The number of halogens is 1. The minimum absolute atomic E-state index is 0.157. The fourth-order valence-corrected chi connectivity index (χ4v) is 4.50. The van der Waals surface area contributed by atoms with Crippen LogP contribution in [0.3, 0.4) is 0 Å². The molecule has 2 aromatic carbocycles. The first kappa shape index (κ1) is 24.7. The Balaban J connectivity index is 1.53. The highest BCUT2D eigenvalue weighted by Crippen LogP contribution is 2.12. The number of rotatable bonds is 12. The Kier molecular flexibility index (Phi) is 9.24. The van der Waals surface area contributed by atoms with Gasteiger partial charge in [0.05, 0.1) is 12.3 Å². The molecule has 0 saturated heterocycles. The van der Waals surface area contributed by atoms with Gasteiger partial charge in [-0.2, -0.15) is 0 Å². The summed E-state index contributed by atoms with van der Waals surface area (Å²) in [6.45, 7) is 0.323. The first-order valence-electron chi connectivity index (χ1n) is 10.6. The molecule has 7 nitrogen and oxygen atoms in total. The third-order valence-electron chi connectivity index (χ3n) is 4.91. The first-order chi connectivity index (χ1) is 15.9. The molecule has 0 spiro atoms. The van der Waals surface area contributed by atoms with Crippen LogP contribution in [0.25, 0.3) is 0 Å². The Bertz CT molecular complexity index is 1110. The summed E-state index contributed by atoms with van der Waals surface area (Å²) in [4.78, 5) is 16.5. The molecule has 3 rings (SSSR count). The standard InChI is InChI=1S/C24H27ClN4O3S/c25-21-8-6-20(7-9-21)18-33(31,32)28-17-24(30)29-23(16-19-4-2-1-3-5-19)12-15-27-22-10-13-26-14-11-22/h1-11,13-14,23,28H,12,15-18H2,(H,26,27)(H,29,30)/t23-/m1/s1. The van der Waals surface area contributed by atoms with E-state index in [1.807, 2.05) is 42.5 Å². The lowest BCUT2D eigenvalue weighted by atomic mass is 10.0. The van der Waals surface area contributed by atoms with Crippen molar-refractivity contribution >= 4 is 33.2 Å². The number of benzene rings is 2. The quantitative estimate of drug-likeness (QED) is 0.364. The van der Waals surface area contributed by atoms with Crippen LogP contribution in [0.1, 0.15) is 17.5 Å². The topological polar surface area (TPSA) is 100 Å². The maximum absolute atomic E-state index is 12.5. The van der Waals surface area contributed by atoms with E-state index in [1.54, 1.807) is 36.7 Å². The van der Waals surface area contributed by atoms with Gasteiger partial charge in [0, 0.05) is 35.7 Å². The molecule has 1 heterocycles. The zero-order valence-electron chi connectivity index (χ0n) is 18.1. The molecule has 174 valence electrons. The second-order valence-corrected chi connectivity index (χ2v) is 9.86. The summed E-state index contributed by atoms with van der Waals surface area (Å²) in [6.07, 6.45) is 4.73. The number of aromatic nitrogens is 1. The third-order valence-corrected chi connectivity index (χ3v) is 6.46. The molecular formula is C24H27ClN4O3S. The van der Waals surface area contributed by atoms with Gasteiger partial charge in [-0.25, -0.2) is 13.1 Å². The van der Waals surface area contributed by atoms with Crippen LogP contribution in [0.2, 0.25) is 5.02 Å². The van der Waals surface area contributed by atoms with Crippen molar-refractivity contribution in [2.75, 3.05) is 18.4 Å². The molecule has 1 amide bonds. The van der Waals surface area contributed by atoms with Crippen LogP contribution < -0.4 is 15.4 Å². The second-order valence-electron chi connectivity index (χ2n) is 7.61. The van der Waals surface area contributed by atoms with Gasteiger partial charge in [-0.1, -0.05) is 54.1 Å². The molecule has 0 saturated carbocycles. The molecule has 1 atom stereocenters. The number of hydrogen-bond donors (Lipinski definition) is 3. The number of nitrogens with zero attached hydrogens (tertiary/aromatic N) is 1. The number of carbonyl (C=O) groups excluding carboxylic acids is 1. The van der Waals surface area contributed by atoms with Gasteiger partial charge in [-0.15, -0.1) is 0 Å². The molecule has 9 heteroatoms. The lowest BCUT2D eigenvalue weighted by Gasteiger charge is -2.20. The highest BCUT2D eigenvalue weighted by molar-refractivity contribution is 7.88. The van der Waals surface area contributed by atoms with E-state index in [0.29, 0.717) is 30.0 Å². The highest BCUT2D eigenvalue weighted by atomic mass is 35.5. The zero-order chi connectivity index (χ0) is 23.5. The first-order valence-corrected chi connectivity index (χ1v) is 12.6. The molecule has 3 N–H and O–H groups in total. The predicted molar refractivity (Wildman–Crippen MR) is 131 cm³/mol. The fourth-order valence-electron chi connectivity index (χ4n) is 3.29. The SMILES string of the molecule is O=C(CNS(=O)(=O)Cc1ccc(Cl)cc1)N[C@H](CCNc1ccncc1)Cc1ccccc1. The molecule has 0 unspecified atom stereocenters. The minimum Gasteiger partial charge on any atom is -0.385 e. The van der Waals surface area contributed by atoms with Gasteiger partial charge in [0.1, 0.15) is 0 Å². The van der Waals surface area contributed by atoms with Crippen molar-refractivity contribution in [3.05, 3.63) is 95.3 Å². The van der Waals surface area contributed by atoms with Crippen LogP contribution >= 0.6 is 11.6 Å². The van der Waals surface area contributed by atoms with Crippen molar-refractivity contribution in [3.63, 3.8) is 0 Å². The normalized spacial score (nSPS) is 12.2. The molecule has 1 aromatic heterocycles. The number of nitrogens with one attached hydrogen (secondary N) is 3. The van der Waals surface area contributed by atoms with Gasteiger partial charge >= 0.3 is 0 Å². The van der Waals surface area contributed by atoms with Gasteiger partial charge < -0.3 is 10.6 Å². The highest BCUT2D eigenvalue weighted by Gasteiger charge is 2.17. The van der Waals surface area contributed by atoms with Gasteiger partial charge in [0.25, 0.3) is 0 Å². The van der Waals surface area contributed by atoms with E-state index in [0.717, 1.165) is 11.3 Å². The Morgan fingerprint density at radius 2 is 1.64 bits per heavy atom. The number of amides is 1. The number of pyridine rings is 1. The van der Waals surface area contributed by atoms with Crippen LogP contribution in [-0.4, -0.2) is 38.4 Å².